The molecule has 11 aromatic rings. The standard InChI is InChI=1S/C74H61N/c1-71(2,3)54-37-39-57(40-38-54)73(55-23-9-7-10-24-55)65-29-17-15-27-61(65)63-45-43-59(48-69(63)73)75(58-41-35-51(36-42-58)53-34-33-50-21-13-14-22-52(50)47-53)60-44-46-64-62-28-16-18-30-66(62)74(70(64)49-60,56-25-11-8-12-26-56)68-32-20-19-31-67(68)72(4,5)6/h7-49H,1-6H3. The Morgan fingerprint density at radius 2 is 0.720 bits per heavy atom. The van der Waals surface area contributed by atoms with Gasteiger partial charge in [-0.3, -0.25) is 0 Å². The average Bonchev–Trinajstić information content (AvgIpc) is 4.03. The lowest BCUT2D eigenvalue weighted by Gasteiger charge is -2.38. The van der Waals surface area contributed by atoms with Crippen LogP contribution >= 0.6 is 0 Å². The number of hydrogen-bond acceptors (Lipinski definition) is 1. The maximum atomic E-state index is 2.52. The van der Waals surface area contributed by atoms with Crippen molar-refractivity contribution in [1.29, 1.82) is 0 Å². The predicted molar refractivity (Wildman–Crippen MR) is 316 cm³/mol. The largest absolute Gasteiger partial charge is 0.310 e. The lowest BCUT2D eigenvalue weighted by atomic mass is 9.64. The first-order chi connectivity index (χ1) is 36.5. The highest BCUT2D eigenvalue weighted by Crippen LogP contribution is 2.60. The van der Waals surface area contributed by atoms with Crippen molar-refractivity contribution in [2.24, 2.45) is 0 Å². The Balaban J connectivity index is 1.08. The van der Waals surface area contributed by atoms with E-state index in [-0.39, 0.29) is 10.8 Å². The fourth-order valence-electron chi connectivity index (χ4n) is 13.0. The number of benzene rings is 11. The fourth-order valence-corrected chi connectivity index (χ4v) is 13.0. The molecule has 0 heterocycles. The van der Waals surface area contributed by atoms with Gasteiger partial charge in [-0.15, -0.1) is 0 Å². The maximum Gasteiger partial charge on any atom is 0.0717 e. The van der Waals surface area contributed by atoms with E-state index in [9.17, 15) is 0 Å². The van der Waals surface area contributed by atoms with Crippen LogP contribution in [-0.2, 0) is 21.7 Å². The summed E-state index contributed by atoms with van der Waals surface area (Å²) < 4.78 is 0. The molecule has 1 heteroatoms. The smallest absolute Gasteiger partial charge is 0.0717 e. The van der Waals surface area contributed by atoms with Crippen molar-refractivity contribution in [3.63, 3.8) is 0 Å². The molecule has 0 saturated heterocycles. The van der Waals surface area contributed by atoms with Crippen LogP contribution in [0.25, 0.3) is 44.2 Å². The Kier molecular flexibility index (Phi) is 10.8. The molecule has 2 atom stereocenters. The second-order valence-electron chi connectivity index (χ2n) is 22.9. The zero-order chi connectivity index (χ0) is 51.1. The third-order valence-electron chi connectivity index (χ3n) is 16.5. The molecule has 2 aliphatic carbocycles. The third kappa shape index (κ3) is 7.27. The minimum Gasteiger partial charge on any atom is -0.310 e. The summed E-state index contributed by atoms with van der Waals surface area (Å²) in [7, 11) is 0. The molecule has 13 rings (SSSR count). The Morgan fingerprint density at radius 3 is 1.31 bits per heavy atom. The molecule has 2 unspecified atom stereocenters. The van der Waals surface area contributed by atoms with Crippen molar-refractivity contribution in [2.75, 3.05) is 4.90 Å². The van der Waals surface area contributed by atoms with E-state index in [1.54, 1.807) is 0 Å². The monoisotopic (exact) mass is 963 g/mol. The lowest BCUT2D eigenvalue weighted by Crippen LogP contribution is -2.32. The molecule has 362 valence electrons. The number of nitrogens with zero attached hydrogens (tertiary/aromatic N) is 1. The topological polar surface area (TPSA) is 3.24 Å². The highest BCUT2D eigenvalue weighted by atomic mass is 15.1. The van der Waals surface area contributed by atoms with Gasteiger partial charge in [-0.25, -0.2) is 0 Å². The van der Waals surface area contributed by atoms with Gasteiger partial charge in [0.15, 0.2) is 0 Å². The van der Waals surface area contributed by atoms with Crippen LogP contribution in [0.15, 0.2) is 261 Å². The van der Waals surface area contributed by atoms with Crippen molar-refractivity contribution in [1.82, 2.24) is 0 Å². The van der Waals surface area contributed by atoms with Gasteiger partial charge in [-0.2, -0.15) is 0 Å². The molecule has 1 nitrogen and oxygen atoms in total. The first-order valence-electron chi connectivity index (χ1n) is 26.7. The van der Waals surface area contributed by atoms with E-state index in [1.807, 2.05) is 0 Å². The molecular formula is C74H61N. The Bertz CT molecular complexity index is 3950. The van der Waals surface area contributed by atoms with Crippen molar-refractivity contribution < 1.29 is 0 Å². The normalized spacial score (nSPS) is 16.5. The van der Waals surface area contributed by atoms with Gasteiger partial charge in [0.1, 0.15) is 0 Å². The van der Waals surface area contributed by atoms with Crippen LogP contribution in [0.2, 0.25) is 0 Å². The van der Waals surface area contributed by atoms with Crippen LogP contribution in [-0.4, -0.2) is 0 Å². The molecule has 0 aromatic heterocycles. The summed E-state index contributed by atoms with van der Waals surface area (Å²) in [6.45, 7) is 14.0. The molecule has 0 saturated carbocycles. The van der Waals surface area contributed by atoms with Crippen LogP contribution in [0.3, 0.4) is 0 Å². The summed E-state index contributed by atoms with van der Waals surface area (Å²) in [5.74, 6) is 0. The van der Waals surface area contributed by atoms with Crippen molar-refractivity contribution in [3.8, 4) is 33.4 Å². The molecule has 0 N–H and O–H groups in total. The summed E-state index contributed by atoms with van der Waals surface area (Å²) >= 11 is 0. The first kappa shape index (κ1) is 46.3. The lowest BCUT2D eigenvalue weighted by molar-refractivity contribution is 0.571. The van der Waals surface area contributed by atoms with Gasteiger partial charge in [0.05, 0.1) is 10.8 Å². The van der Waals surface area contributed by atoms with E-state index in [0.717, 1.165) is 17.1 Å². The second kappa shape index (κ2) is 17.6. The van der Waals surface area contributed by atoms with Gasteiger partial charge in [0.2, 0.25) is 0 Å². The Labute approximate surface area is 443 Å². The van der Waals surface area contributed by atoms with E-state index in [0.29, 0.717) is 0 Å². The van der Waals surface area contributed by atoms with Gasteiger partial charge in [0, 0.05) is 17.1 Å². The van der Waals surface area contributed by atoms with Gasteiger partial charge in [-0.05, 0) is 153 Å². The zero-order valence-corrected chi connectivity index (χ0v) is 43.8. The highest BCUT2D eigenvalue weighted by Gasteiger charge is 2.49. The molecule has 11 aromatic carbocycles. The van der Waals surface area contributed by atoms with Crippen molar-refractivity contribution in [2.45, 2.75) is 63.2 Å². The van der Waals surface area contributed by atoms with Gasteiger partial charge >= 0.3 is 0 Å². The SMILES string of the molecule is CC(C)(C)c1ccc(C2(c3ccccc3)c3ccccc3-c3ccc(N(c4ccc(-c5ccc6ccccc6c5)cc4)c4ccc5c(c4)C(c4ccccc4)(c4ccccc4C(C)(C)C)c4ccccc4-5)cc32)cc1. The van der Waals surface area contributed by atoms with Crippen LogP contribution < -0.4 is 4.90 Å². The third-order valence-corrected chi connectivity index (χ3v) is 16.5. The Morgan fingerprint density at radius 1 is 0.280 bits per heavy atom. The zero-order valence-electron chi connectivity index (χ0n) is 43.8. The quantitative estimate of drug-likeness (QED) is 0.147. The van der Waals surface area contributed by atoms with Crippen molar-refractivity contribution in [3.05, 3.63) is 316 Å². The summed E-state index contributed by atoms with van der Waals surface area (Å²) in [4.78, 5) is 2.51. The summed E-state index contributed by atoms with van der Waals surface area (Å²) in [5.41, 5.74) is 22.4. The molecular weight excluding hydrogens is 903 g/mol. The summed E-state index contributed by atoms with van der Waals surface area (Å²) in [6, 6.07) is 98.6. The Hall–Kier alpha value is -8.52. The summed E-state index contributed by atoms with van der Waals surface area (Å²) in [5, 5.41) is 2.49. The fraction of sp³-hybridized carbons (Fsp3) is 0.135. The molecule has 0 amide bonds. The van der Waals surface area contributed by atoms with E-state index >= 15 is 0 Å². The van der Waals surface area contributed by atoms with Crippen LogP contribution in [0.5, 0.6) is 0 Å². The molecule has 0 bridgehead atoms. The first-order valence-corrected chi connectivity index (χ1v) is 26.7. The van der Waals surface area contributed by atoms with Gasteiger partial charge in [0.25, 0.3) is 0 Å². The highest BCUT2D eigenvalue weighted by molar-refractivity contribution is 5.93. The van der Waals surface area contributed by atoms with E-state index in [4.69, 9.17) is 0 Å². The predicted octanol–water partition coefficient (Wildman–Crippen LogP) is 19.3. The van der Waals surface area contributed by atoms with E-state index in [1.165, 1.54) is 99.8 Å². The number of fused-ring (bicyclic) bond motifs is 7. The number of hydrogen-bond donors (Lipinski definition) is 0. The molecule has 0 fully saturated rings. The molecule has 75 heavy (non-hydrogen) atoms. The maximum absolute atomic E-state index is 2.52. The van der Waals surface area contributed by atoms with Gasteiger partial charge in [-0.1, -0.05) is 260 Å². The summed E-state index contributed by atoms with van der Waals surface area (Å²) in [6.07, 6.45) is 0. The average molecular weight is 964 g/mol. The van der Waals surface area contributed by atoms with Crippen molar-refractivity contribution >= 4 is 27.8 Å². The minimum atomic E-state index is -0.597. The number of anilines is 3. The van der Waals surface area contributed by atoms with Crippen LogP contribution in [0, 0.1) is 0 Å². The van der Waals surface area contributed by atoms with Gasteiger partial charge < -0.3 is 4.90 Å². The minimum absolute atomic E-state index is 0.0194. The molecule has 0 radical (unpaired) electrons. The molecule has 0 aliphatic heterocycles. The van der Waals surface area contributed by atoms with Crippen LogP contribution in [0.4, 0.5) is 17.1 Å². The van der Waals surface area contributed by atoms with Crippen LogP contribution in [0.1, 0.15) is 97.2 Å². The van der Waals surface area contributed by atoms with E-state index in [2.05, 4.69) is 307 Å². The second-order valence-corrected chi connectivity index (χ2v) is 22.9. The molecule has 2 aliphatic rings. The van der Waals surface area contributed by atoms with E-state index < -0.39 is 10.8 Å². The molecule has 0 spiro atoms. The number of rotatable bonds is 8.